The van der Waals surface area contributed by atoms with Crippen LogP contribution >= 0.6 is 0 Å². The van der Waals surface area contributed by atoms with Crippen molar-refractivity contribution in [2.24, 2.45) is 0 Å². The van der Waals surface area contributed by atoms with Gasteiger partial charge in [-0.3, -0.25) is 0 Å². The molecule has 0 bridgehead atoms. The summed E-state index contributed by atoms with van der Waals surface area (Å²) >= 11 is 0. The summed E-state index contributed by atoms with van der Waals surface area (Å²) < 4.78 is 0. The highest BCUT2D eigenvalue weighted by Gasteiger charge is 2.38. The number of hydrogen-bond acceptors (Lipinski definition) is 4. The van der Waals surface area contributed by atoms with Crippen LogP contribution in [0.25, 0.3) is 0 Å². The van der Waals surface area contributed by atoms with Crippen LogP contribution in [0.3, 0.4) is 0 Å². The Morgan fingerprint density at radius 2 is 2.17 bits per heavy atom. The van der Waals surface area contributed by atoms with Crippen molar-refractivity contribution in [1.82, 2.24) is 4.90 Å². The zero-order chi connectivity index (χ0) is 13.2. The SMILES string of the molecule is CN(C)C1(CNc2ccc(N)cc2C#N)CCC1. The molecule has 18 heavy (non-hydrogen) atoms. The van der Waals surface area contributed by atoms with E-state index in [1.54, 1.807) is 6.07 Å². The van der Waals surface area contributed by atoms with Gasteiger partial charge in [-0.25, -0.2) is 0 Å². The predicted octanol–water partition coefficient (Wildman–Crippen LogP) is 2.04. The van der Waals surface area contributed by atoms with Crippen molar-refractivity contribution < 1.29 is 0 Å². The van der Waals surface area contributed by atoms with Crippen LogP contribution in [0.5, 0.6) is 0 Å². The van der Waals surface area contributed by atoms with Crippen LogP contribution in [0.2, 0.25) is 0 Å². The minimum absolute atomic E-state index is 0.244. The molecule has 0 atom stereocenters. The van der Waals surface area contributed by atoms with Crippen LogP contribution in [-0.2, 0) is 0 Å². The monoisotopic (exact) mass is 244 g/mol. The van der Waals surface area contributed by atoms with Crippen LogP contribution in [0.4, 0.5) is 11.4 Å². The number of nitrogen functional groups attached to an aromatic ring is 1. The van der Waals surface area contributed by atoms with E-state index >= 15 is 0 Å². The molecule has 96 valence electrons. The Hall–Kier alpha value is -1.73. The van der Waals surface area contributed by atoms with Crippen LogP contribution in [-0.4, -0.2) is 31.1 Å². The third-order valence-corrected chi connectivity index (χ3v) is 4.00. The van der Waals surface area contributed by atoms with Gasteiger partial charge in [-0.15, -0.1) is 0 Å². The van der Waals surface area contributed by atoms with E-state index in [1.807, 2.05) is 12.1 Å². The first kappa shape index (κ1) is 12.7. The van der Waals surface area contributed by atoms with Gasteiger partial charge in [0.2, 0.25) is 0 Å². The highest BCUT2D eigenvalue weighted by molar-refractivity contribution is 5.63. The number of nitrogens with two attached hydrogens (primary N) is 1. The average Bonchev–Trinajstić information content (AvgIpc) is 2.28. The summed E-state index contributed by atoms with van der Waals surface area (Å²) in [5, 5.41) is 12.5. The summed E-state index contributed by atoms with van der Waals surface area (Å²) in [6.07, 6.45) is 3.71. The summed E-state index contributed by atoms with van der Waals surface area (Å²) in [4.78, 5) is 2.28. The maximum Gasteiger partial charge on any atom is 0.101 e. The topological polar surface area (TPSA) is 65.1 Å². The van der Waals surface area contributed by atoms with Crippen LogP contribution in [0, 0.1) is 11.3 Å². The van der Waals surface area contributed by atoms with Crippen molar-refractivity contribution in [3.8, 4) is 6.07 Å². The number of nitrogens with zero attached hydrogens (tertiary/aromatic N) is 2. The fourth-order valence-electron chi connectivity index (χ4n) is 2.44. The molecule has 1 aliphatic carbocycles. The Labute approximate surface area is 108 Å². The predicted molar refractivity (Wildman–Crippen MR) is 74.3 cm³/mol. The molecule has 0 saturated heterocycles. The first-order chi connectivity index (χ1) is 8.57. The molecule has 4 heteroatoms. The van der Waals surface area contributed by atoms with Crippen LogP contribution < -0.4 is 11.1 Å². The fourth-order valence-corrected chi connectivity index (χ4v) is 2.44. The van der Waals surface area contributed by atoms with E-state index in [4.69, 9.17) is 11.0 Å². The summed E-state index contributed by atoms with van der Waals surface area (Å²) in [5.74, 6) is 0. The lowest BCUT2D eigenvalue weighted by Crippen LogP contribution is -2.54. The molecule has 1 aromatic carbocycles. The maximum atomic E-state index is 9.10. The lowest BCUT2D eigenvalue weighted by molar-refractivity contribution is 0.0739. The summed E-state index contributed by atoms with van der Waals surface area (Å²) in [6.45, 7) is 0.874. The number of hydrogen-bond donors (Lipinski definition) is 2. The summed E-state index contributed by atoms with van der Waals surface area (Å²) in [6, 6.07) is 7.61. The lowest BCUT2D eigenvalue weighted by Gasteiger charge is -2.47. The second-order valence-corrected chi connectivity index (χ2v) is 5.24. The minimum atomic E-state index is 0.244. The molecule has 0 amide bonds. The van der Waals surface area contributed by atoms with Crippen molar-refractivity contribution in [3.63, 3.8) is 0 Å². The van der Waals surface area contributed by atoms with Gasteiger partial charge in [0.05, 0.1) is 11.3 Å². The van der Waals surface area contributed by atoms with Gasteiger partial charge in [0.15, 0.2) is 0 Å². The zero-order valence-electron chi connectivity index (χ0n) is 11.0. The van der Waals surface area contributed by atoms with Gasteiger partial charge in [0.1, 0.15) is 6.07 Å². The van der Waals surface area contributed by atoms with Gasteiger partial charge < -0.3 is 16.0 Å². The van der Waals surface area contributed by atoms with Gasteiger partial charge in [-0.2, -0.15) is 5.26 Å². The fraction of sp³-hybridized carbons (Fsp3) is 0.500. The van der Waals surface area contributed by atoms with E-state index in [2.05, 4.69) is 30.4 Å². The van der Waals surface area contributed by atoms with Crippen LogP contribution in [0.15, 0.2) is 18.2 Å². The molecule has 3 N–H and O–H groups in total. The third kappa shape index (κ3) is 2.27. The first-order valence-electron chi connectivity index (χ1n) is 6.28. The number of likely N-dealkylation sites (N-methyl/N-ethyl adjacent to an activating group) is 1. The average molecular weight is 244 g/mol. The molecule has 4 nitrogen and oxygen atoms in total. The molecule has 1 fully saturated rings. The molecule has 1 saturated carbocycles. The molecule has 1 aromatic rings. The molecule has 0 radical (unpaired) electrons. The Bertz CT molecular complexity index is 469. The van der Waals surface area contributed by atoms with Gasteiger partial charge in [0.25, 0.3) is 0 Å². The number of nitrogens with one attached hydrogen (secondary N) is 1. The largest absolute Gasteiger partial charge is 0.399 e. The molecular formula is C14H20N4. The first-order valence-corrected chi connectivity index (χ1v) is 6.28. The third-order valence-electron chi connectivity index (χ3n) is 4.00. The molecule has 0 aliphatic heterocycles. The standard InChI is InChI=1S/C14H20N4/c1-18(2)14(6-3-7-14)10-17-13-5-4-12(16)8-11(13)9-15/h4-5,8,17H,3,6-7,10,16H2,1-2H3. The molecule has 0 aromatic heterocycles. The van der Waals surface area contributed by atoms with Crippen LogP contribution in [0.1, 0.15) is 24.8 Å². The molecular weight excluding hydrogens is 224 g/mol. The Balaban J connectivity index is 2.09. The number of benzene rings is 1. The molecule has 0 heterocycles. The molecule has 0 spiro atoms. The molecule has 2 rings (SSSR count). The van der Waals surface area contributed by atoms with E-state index in [0.717, 1.165) is 12.2 Å². The highest BCUT2D eigenvalue weighted by atomic mass is 15.2. The second-order valence-electron chi connectivity index (χ2n) is 5.24. The quantitative estimate of drug-likeness (QED) is 0.795. The van der Waals surface area contributed by atoms with Crippen molar-refractivity contribution in [1.29, 1.82) is 5.26 Å². The number of nitriles is 1. The van der Waals surface area contributed by atoms with Crippen molar-refractivity contribution in [2.75, 3.05) is 31.7 Å². The molecule has 0 unspecified atom stereocenters. The summed E-state index contributed by atoms with van der Waals surface area (Å²) in [7, 11) is 4.24. The summed E-state index contributed by atoms with van der Waals surface area (Å²) in [5.41, 5.74) is 8.04. The van der Waals surface area contributed by atoms with E-state index in [9.17, 15) is 0 Å². The normalized spacial score (nSPS) is 17.0. The van der Waals surface area contributed by atoms with E-state index in [0.29, 0.717) is 11.3 Å². The van der Waals surface area contributed by atoms with Crippen molar-refractivity contribution in [3.05, 3.63) is 23.8 Å². The van der Waals surface area contributed by atoms with E-state index in [1.165, 1.54) is 19.3 Å². The lowest BCUT2D eigenvalue weighted by atomic mass is 9.75. The van der Waals surface area contributed by atoms with Gasteiger partial charge in [-0.1, -0.05) is 0 Å². The minimum Gasteiger partial charge on any atom is -0.399 e. The van der Waals surface area contributed by atoms with Gasteiger partial charge in [-0.05, 0) is 51.6 Å². The number of anilines is 2. The van der Waals surface area contributed by atoms with E-state index < -0.39 is 0 Å². The van der Waals surface area contributed by atoms with Crippen molar-refractivity contribution in [2.45, 2.75) is 24.8 Å². The van der Waals surface area contributed by atoms with E-state index in [-0.39, 0.29) is 5.54 Å². The Morgan fingerprint density at radius 1 is 1.44 bits per heavy atom. The Kier molecular flexibility index (Phi) is 3.44. The van der Waals surface area contributed by atoms with Gasteiger partial charge in [0, 0.05) is 17.8 Å². The second kappa shape index (κ2) is 4.87. The Morgan fingerprint density at radius 3 is 2.67 bits per heavy atom. The van der Waals surface area contributed by atoms with Gasteiger partial charge >= 0.3 is 0 Å². The smallest absolute Gasteiger partial charge is 0.101 e. The number of rotatable bonds is 4. The highest BCUT2D eigenvalue weighted by Crippen LogP contribution is 2.36. The molecule has 1 aliphatic rings. The maximum absolute atomic E-state index is 9.10. The zero-order valence-corrected chi connectivity index (χ0v) is 11.0. The van der Waals surface area contributed by atoms with Crippen molar-refractivity contribution >= 4 is 11.4 Å².